The third kappa shape index (κ3) is 4.80. The number of anilines is 2. The number of imidazole rings is 1. The van der Waals surface area contributed by atoms with Crippen molar-refractivity contribution in [3.8, 4) is 11.4 Å². The number of fused-ring (bicyclic) bond motifs is 1. The lowest BCUT2D eigenvalue weighted by molar-refractivity contribution is 0.106. The van der Waals surface area contributed by atoms with Gasteiger partial charge in [0.15, 0.2) is 0 Å². The number of nitrogens with one attached hydrogen (secondary N) is 2. The zero-order valence-corrected chi connectivity index (χ0v) is 19.2. The SMILES string of the molecule is Cc1cc(Nc2nccc(-c3cnc4ccccn34)n2)ccc1C(=O)C(=N)C[C@H](C)N(C)C. The van der Waals surface area contributed by atoms with Crippen LogP contribution >= 0.6 is 0 Å². The number of hydrogen-bond acceptors (Lipinski definition) is 7. The van der Waals surface area contributed by atoms with E-state index in [1.165, 1.54) is 0 Å². The molecule has 0 radical (unpaired) electrons. The zero-order chi connectivity index (χ0) is 23.5. The maximum Gasteiger partial charge on any atom is 0.227 e. The highest BCUT2D eigenvalue weighted by atomic mass is 16.1. The van der Waals surface area contributed by atoms with Gasteiger partial charge < -0.3 is 15.6 Å². The number of hydrogen-bond donors (Lipinski definition) is 2. The third-order valence-electron chi connectivity index (χ3n) is 5.72. The van der Waals surface area contributed by atoms with E-state index in [9.17, 15) is 4.79 Å². The van der Waals surface area contributed by atoms with Crippen LogP contribution in [0.5, 0.6) is 0 Å². The number of nitrogens with zero attached hydrogens (tertiary/aromatic N) is 5. The van der Waals surface area contributed by atoms with Crippen molar-refractivity contribution in [3.63, 3.8) is 0 Å². The summed E-state index contributed by atoms with van der Waals surface area (Å²) in [5.41, 5.74) is 4.69. The van der Waals surface area contributed by atoms with Gasteiger partial charge in [-0.2, -0.15) is 0 Å². The van der Waals surface area contributed by atoms with Crippen molar-refractivity contribution in [3.05, 3.63) is 72.2 Å². The second-order valence-corrected chi connectivity index (χ2v) is 8.32. The highest BCUT2D eigenvalue weighted by Crippen LogP contribution is 2.22. The molecule has 0 amide bonds. The Labute approximate surface area is 192 Å². The Morgan fingerprint density at radius 2 is 2.00 bits per heavy atom. The van der Waals surface area contributed by atoms with Crippen LogP contribution in [0.3, 0.4) is 0 Å². The third-order valence-corrected chi connectivity index (χ3v) is 5.72. The second kappa shape index (κ2) is 9.30. The number of carbonyl (C=O) groups excluding carboxylic acids is 1. The average molecular weight is 442 g/mol. The fourth-order valence-electron chi connectivity index (χ4n) is 3.54. The Morgan fingerprint density at radius 3 is 2.76 bits per heavy atom. The summed E-state index contributed by atoms with van der Waals surface area (Å²) in [6.07, 6.45) is 5.85. The normalized spacial score (nSPS) is 12.2. The fourth-order valence-corrected chi connectivity index (χ4v) is 3.54. The predicted molar refractivity (Wildman–Crippen MR) is 131 cm³/mol. The molecule has 0 spiro atoms. The molecule has 0 bridgehead atoms. The van der Waals surface area contributed by atoms with Gasteiger partial charge in [-0.1, -0.05) is 6.07 Å². The van der Waals surface area contributed by atoms with Gasteiger partial charge in [-0.05, 0) is 69.9 Å². The second-order valence-electron chi connectivity index (χ2n) is 8.32. The molecule has 0 saturated carbocycles. The van der Waals surface area contributed by atoms with Gasteiger partial charge >= 0.3 is 0 Å². The quantitative estimate of drug-likeness (QED) is 0.311. The molecule has 1 atom stereocenters. The number of benzene rings is 1. The molecule has 0 aliphatic rings. The summed E-state index contributed by atoms with van der Waals surface area (Å²) in [4.78, 5) is 28.2. The van der Waals surface area contributed by atoms with Crippen molar-refractivity contribution in [2.75, 3.05) is 19.4 Å². The molecule has 0 aliphatic heterocycles. The minimum absolute atomic E-state index is 0.115. The van der Waals surface area contributed by atoms with Gasteiger partial charge in [0.05, 0.1) is 23.3 Å². The topological polar surface area (TPSA) is 99.3 Å². The van der Waals surface area contributed by atoms with Gasteiger partial charge in [-0.25, -0.2) is 15.0 Å². The first kappa shape index (κ1) is 22.3. The largest absolute Gasteiger partial charge is 0.324 e. The van der Waals surface area contributed by atoms with Crippen LogP contribution in [-0.4, -0.2) is 55.9 Å². The van der Waals surface area contributed by atoms with E-state index in [0.717, 1.165) is 28.3 Å². The first-order valence-corrected chi connectivity index (χ1v) is 10.7. The first-order valence-electron chi connectivity index (χ1n) is 10.7. The number of pyridine rings is 1. The Balaban J connectivity index is 1.52. The van der Waals surface area contributed by atoms with Crippen molar-refractivity contribution in [1.29, 1.82) is 5.41 Å². The van der Waals surface area contributed by atoms with E-state index in [2.05, 4.69) is 20.3 Å². The lowest BCUT2D eigenvalue weighted by Crippen LogP contribution is -2.29. The van der Waals surface area contributed by atoms with Crippen LogP contribution in [0, 0.1) is 12.3 Å². The van der Waals surface area contributed by atoms with E-state index >= 15 is 0 Å². The fraction of sp³-hybridized carbons (Fsp3) is 0.240. The van der Waals surface area contributed by atoms with Crippen molar-refractivity contribution in [2.24, 2.45) is 0 Å². The van der Waals surface area contributed by atoms with Gasteiger partial charge in [0.25, 0.3) is 0 Å². The molecule has 0 aliphatic carbocycles. The van der Waals surface area contributed by atoms with Crippen LogP contribution in [0.4, 0.5) is 11.6 Å². The van der Waals surface area contributed by atoms with Crippen molar-refractivity contribution in [2.45, 2.75) is 26.3 Å². The van der Waals surface area contributed by atoms with Gasteiger partial charge in [-0.15, -0.1) is 0 Å². The van der Waals surface area contributed by atoms with Crippen LogP contribution in [0.1, 0.15) is 29.3 Å². The molecule has 0 saturated heterocycles. The van der Waals surface area contributed by atoms with E-state index < -0.39 is 0 Å². The molecule has 3 heterocycles. The lowest BCUT2D eigenvalue weighted by atomic mass is 9.97. The van der Waals surface area contributed by atoms with E-state index in [1.807, 2.05) is 79.8 Å². The summed E-state index contributed by atoms with van der Waals surface area (Å²) in [6.45, 7) is 3.87. The Bertz CT molecular complexity index is 1330. The molecule has 33 heavy (non-hydrogen) atoms. The Kier molecular flexibility index (Phi) is 6.28. The summed E-state index contributed by atoms with van der Waals surface area (Å²) in [6, 6.07) is 13.2. The van der Waals surface area contributed by atoms with Crippen LogP contribution in [0.25, 0.3) is 17.0 Å². The molecule has 4 aromatic rings. The standard InChI is InChI=1S/C25H27N7O/c1-16-13-18(8-9-19(16)24(33)20(26)14-17(2)31(3)4)29-25-27-11-10-21(30-25)22-15-28-23-7-5-6-12-32(22)23/h5-13,15,17,26H,14H2,1-4H3,(H,27,29,30)/t17-/m0/s1. The highest BCUT2D eigenvalue weighted by molar-refractivity contribution is 6.45. The molecule has 8 nitrogen and oxygen atoms in total. The minimum Gasteiger partial charge on any atom is -0.324 e. The van der Waals surface area contributed by atoms with Gasteiger partial charge in [-0.3, -0.25) is 9.20 Å². The summed E-state index contributed by atoms with van der Waals surface area (Å²) < 4.78 is 1.97. The number of carbonyl (C=O) groups is 1. The summed E-state index contributed by atoms with van der Waals surface area (Å²) in [5, 5.41) is 11.4. The van der Waals surface area contributed by atoms with Crippen LogP contribution in [0.15, 0.2) is 61.1 Å². The average Bonchev–Trinajstić information content (AvgIpc) is 3.23. The summed E-state index contributed by atoms with van der Waals surface area (Å²) in [7, 11) is 3.89. The maximum absolute atomic E-state index is 12.8. The number of rotatable bonds is 8. The molecule has 0 unspecified atom stereocenters. The van der Waals surface area contributed by atoms with E-state index in [4.69, 9.17) is 5.41 Å². The summed E-state index contributed by atoms with van der Waals surface area (Å²) >= 11 is 0. The van der Waals surface area contributed by atoms with Crippen molar-refractivity contribution >= 4 is 28.8 Å². The van der Waals surface area contributed by atoms with Crippen molar-refractivity contribution < 1.29 is 4.79 Å². The smallest absolute Gasteiger partial charge is 0.227 e. The van der Waals surface area contributed by atoms with Crippen LogP contribution in [-0.2, 0) is 0 Å². The van der Waals surface area contributed by atoms with E-state index in [-0.39, 0.29) is 17.5 Å². The maximum atomic E-state index is 12.8. The molecule has 0 fully saturated rings. The highest BCUT2D eigenvalue weighted by Gasteiger charge is 2.18. The van der Waals surface area contributed by atoms with Crippen molar-refractivity contribution in [1.82, 2.24) is 24.3 Å². The Morgan fingerprint density at radius 1 is 1.18 bits per heavy atom. The van der Waals surface area contributed by atoms with Gasteiger partial charge in [0.2, 0.25) is 11.7 Å². The molecular weight excluding hydrogens is 414 g/mol. The lowest BCUT2D eigenvalue weighted by Gasteiger charge is -2.19. The number of ketones is 1. The number of Topliss-reactive ketones (excluding diaryl/α,β-unsaturated/α-hetero) is 1. The van der Waals surface area contributed by atoms with Gasteiger partial charge in [0, 0.05) is 36.1 Å². The summed E-state index contributed by atoms with van der Waals surface area (Å²) in [5.74, 6) is 0.211. The molecule has 3 aromatic heterocycles. The van der Waals surface area contributed by atoms with Crippen LogP contribution < -0.4 is 5.32 Å². The van der Waals surface area contributed by atoms with E-state index in [1.54, 1.807) is 18.5 Å². The number of aryl methyl sites for hydroxylation is 1. The number of aromatic nitrogens is 4. The molecule has 1 aromatic carbocycles. The van der Waals surface area contributed by atoms with Gasteiger partial charge in [0.1, 0.15) is 5.65 Å². The monoisotopic (exact) mass is 441 g/mol. The molecule has 2 N–H and O–H groups in total. The molecule has 8 heteroatoms. The minimum atomic E-state index is -0.237. The molecular formula is C25H27N7O. The first-order chi connectivity index (χ1) is 15.8. The van der Waals surface area contributed by atoms with E-state index in [0.29, 0.717) is 17.9 Å². The Hall–Kier alpha value is -3.91. The zero-order valence-electron chi connectivity index (χ0n) is 19.2. The molecule has 4 rings (SSSR count). The predicted octanol–water partition coefficient (Wildman–Crippen LogP) is 4.39. The molecule has 168 valence electrons. The van der Waals surface area contributed by atoms with Crippen LogP contribution in [0.2, 0.25) is 0 Å².